The fraction of sp³-hybridized carbons (Fsp3) is 0.375. The van der Waals surface area contributed by atoms with Crippen LogP contribution in [-0.2, 0) is 9.53 Å². The van der Waals surface area contributed by atoms with E-state index in [2.05, 4.69) is 12.2 Å². The topological polar surface area (TPSA) is 112 Å². The maximum atomic E-state index is 12.7. The van der Waals surface area contributed by atoms with Crippen molar-refractivity contribution in [2.24, 2.45) is 0 Å². The molecule has 1 aromatic heterocycles. The van der Waals surface area contributed by atoms with Gasteiger partial charge in [0.25, 0.3) is 0 Å². The number of amides is 1. The second kappa shape index (κ2) is 16.7. The summed E-state index contributed by atoms with van der Waals surface area (Å²) in [6, 6.07) is 15.5. The summed E-state index contributed by atoms with van der Waals surface area (Å²) in [6.45, 7) is 1.73. The SMILES string of the molecule is CCCCCCCCCCCC(=O)Nc1ccccc1C(=O)OCC(=O)c1ccc(OC(=O)c2ccco2)cc1. The van der Waals surface area contributed by atoms with Gasteiger partial charge in [0.15, 0.2) is 12.4 Å². The summed E-state index contributed by atoms with van der Waals surface area (Å²) in [6.07, 6.45) is 12.2. The van der Waals surface area contributed by atoms with Crippen molar-refractivity contribution < 1.29 is 33.1 Å². The van der Waals surface area contributed by atoms with Crippen LogP contribution in [0.25, 0.3) is 0 Å². The molecule has 2 aromatic carbocycles. The second-order valence-electron chi connectivity index (χ2n) is 9.56. The number of Topliss-reactive ketones (excluding diaryl/α,β-unsaturated/α-hetero) is 1. The minimum absolute atomic E-state index is 0.0621. The van der Waals surface area contributed by atoms with Gasteiger partial charge in [0.2, 0.25) is 11.7 Å². The van der Waals surface area contributed by atoms with Crippen LogP contribution in [0.3, 0.4) is 0 Å². The number of carbonyl (C=O) groups is 4. The normalized spacial score (nSPS) is 10.6. The van der Waals surface area contributed by atoms with E-state index < -0.39 is 24.3 Å². The number of rotatable bonds is 17. The molecule has 3 aromatic rings. The Morgan fingerprint density at radius 2 is 1.43 bits per heavy atom. The van der Waals surface area contributed by atoms with Crippen LogP contribution in [0.2, 0.25) is 0 Å². The number of carbonyl (C=O) groups excluding carboxylic acids is 4. The highest BCUT2D eigenvalue weighted by molar-refractivity contribution is 6.03. The molecule has 8 nitrogen and oxygen atoms in total. The molecule has 0 aliphatic heterocycles. The van der Waals surface area contributed by atoms with Crippen LogP contribution in [-0.4, -0.2) is 30.2 Å². The number of esters is 2. The molecule has 40 heavy (non-hydrogen) atoms. The summed E-state index contributed by atoms with van der Waals surface area (Å²) in [5, 5.41) is 2.80. The average molecular weight is 548 g/mol. The minimum atomic E-state index is -0.712. The molecule has 0 saturated heterocycles. The van der Waals surface area contributed by atoms with Gasteiger partial charge in [-0.2, -0.15) is 0 Å². The lowest BCUT2D eigenvalue weighted by Crippen LogP contribution is -2.18. The van der Waals surface area contributed by atoms with Gasteiger partial charge in [-0.15, -0.1) is 0 Å². The van der Waals surface area contributed by atoms with Gasteiger partial charge in [-0.3, -0.25) is 9.59 Å². The molecule has 212 valence electrons. The van der Waals surface area contributed by atoms with E-state index in [4.69, 9.17) is 13.9 Å². The van der Waals surface area contributed by atoms with Crippen molar-refractivity contribution in [1.82, 2.24) is 0 Å². The Kier molecular flexibility index (Phi) is 12.7. The summed E-state index contributed by atoms with van der Waals surface area (Å²) in [4.78, 5) is 49.7. The Balaban J connectivity index is 1.41. The monoisotopic (exact) mass is 547 g/mol. The number of hydrogen-bond donors (Lipinski definition) is 1. The molecule has 0 bridgehead atoms. The summed E-state index contributed by atoms with van der Waals surface area (Å²) in [5.41, 5.74) is 0.813. The first kappa shape index (κ1) is 30.3. The van der Waals surface area contributed by atoms with E-state index >= 15 is 0 Å². The van der Waals surface area contributed by atoms with Gasteiger partial charge in [0.05, 0.1) is 17.5 Å². The Morgan fingerprint density at radius 1 is 0.750 bits per heavy atom. The highest BCUT2D eigenvalue weighted by atomic mass is 16.5. The van der Waals surface area contributed by atoms with E-state index in [1.165, 1.54) is 75.1 Å². The molecule has 0 saturated carbocycles. The van der Waals surface area contributed by atoms with Crippen molar-refractivity contribution in [3.63, 3.8) is 0 Å². The van der Waals surface area contributed by atoms with Crippen LogP contribution >= 0.6 is 0 Å². The first-order valence-corrected chi connectivity index (χ1v) is 13.9. The molecular weight excluding hydrogens is 510 g/mol. The Bertz CT molecular complexity index is 1230. The van der Waals surface area contributed by atoms with Crippen LogP contribution < -0.4 is 10.1 Å². The van der Waals surface area contributed by atoms with Crippen LogP contribution in [0.4, 0.5) is 5.69 Å². The number of ketones is 1. The summed E-state index contributed by atoms with van der Waals surface area (Å²) >= 11 is 0. The molecule has 1 amide bonds. The number of unbranched alkanes of at least 4 members (excludes halogenated alkanes) is 8. The summed E-state index contributed by atoms with van der Waals surface area (Å²) in [7, 11) is 0. The number of benzene rings is 2. The van der Waals surface area contributed by atoms with Gasteiger partial charge in [0.1, 0.15) is 5.75 Å². The van der Waals surface area contributed by atoms with E-state index in [0.717, 1.165) is 19.3 Å². The van der Waals surface area contributed by atoms with E-state index in [-0.39, 0.29) is 28.5 Å². The predicted molar refractivity (Wildman–Crippen MR) is 152 cm³/mol. The summed E-state index contributed by atoms with van der Waals surface area (Å²) < 4.78 is 15.4. The number of furan rings is 1. The van der Waals surface area contributed by atoms with Crippen molar-refractivity contribution in [2.45, 2.75) is 71.1 Å². The Hall–Kier alpha value is -4.20. The first-order valence-electron chi connectivity index (χ1n) is 13.9. The number of anilines is 1. The second-order valence-corrected chi connectivity index (χ2v) is 9.56. The number of nitrogens with one attached hydrogen (secondary N) is 1. The minimum Gasteiger partial charge on any atom is -0.457 e. The molecular formula is C32H37NO7. The quantitative estimate of drug-likeness (QED) is 0.0811. The molecule has 0 fully saturated rings. The summed E-state index contributed by atoms with van der Waals surface area (Å²) in [5.74, 6) is -1.65. The molecule has 0 unspecified atom stereocenters. The highest BCUT2D eigenvalue weighted by Crippen LogP contribution is 2.19. The smallest absolute Gasteiger partial charge is 0.379 e. The molecule has 1 N–H and O–H groups in total. The van der Waals surface area contributed by atoms with Crippen molar-refractivity contribution in [1.29, 1.82) is 0 Å². The fourth-order valence-corrected chi connectivity index (χ4v) is 4.13. The van der Waals surface area contributed by atoms with Gasteiger partial charge >= 0.3 is 11.9 Å². The lowest BCUT2D eigenvalue weighted by Gasteiger charge is -2.11. The lowest BCUT2D eigenvalue weighted by molar-refractivity contribution is -0.116. The molecule has 0 atom stereocenters. The zero-order chi connectivity index (χ0) is 28.6. The van der Waals surface area contributed by atoms with Gasteiger partial charge in [-0.1, -0.05) is 70.4 Å². The van der Waals surface area contributed by atoms with E-state index in [9.17, 15) is 19.2 Å². The van der Waals surface area contributed by atoms with Crippen LogP contribution in [0.5, 0.6) is 5.75 Å². The largest absolute Gasteiger partial charge is 0.457 e. The zero-order valence-corrected chi connectivity index (χ0v) is 23.0. The number of para-hydroxylation sites is 1. The zero-order valence-electron chi connectivity index (χ0n) is 23.0. The van der Waals surface area contributed by atoms with Gasteiger partial charge < -0.3 is 19.2 Å². The highest BCUT2D eigenvalue weighted by Gasteiger charge is 2.17. The van der Waals surface area contributed by atoms with Gasteiger partial charge in [-0.05, 0) is 55.0 Å². The average Bonchev–Trinajstić information content (AvgIpc) is 3.51. The van der Waals surface area contributed by atoms with Crippen molar-refractivity contribution in [3.05, 3.63) is 83.8 Å². The third-order valence-corrected chi connectivity index (χ3v) is 6.37. The first-order chi connectivity index (χ1) is 19.5. The molecule has 3 rings (SSSR count). The Labute approximate surface area is 235 Å². The number of hydrogen-bond acceptors (Lipinski definition) is 7. The molecule has 0 spiro atoms. The third-order valence-electron chi connectivity index (χ3n) is 6.37. The van der Waals surface area contributed by atoms with Crippen molar-refractivity contribution in [3.8, 4) is 5.75 Å². The van der Waals surface area contributed by atoms with E-state index in [1.54, 1.807) is 30.3 Å². The van der Waals surface area contributed by atoms with Gasteiger partial charge in [0, 0.05) is 12.0 Å². The lowest BCUT2D eigenvalue weighted by atomic mass is 10.1. The van der Waals surface area contributed by atoms with Crippen LogP contribution in [0.1, 0.15) is 102 Å². The molecule has 0 radical (unpaired) electrons. The van der Waals surface area contributed by atoms with Gasteiger partial charge in [-0.25, -0.2) is 9.59 Å². The molecule has 0 aliphatic rings. The predicted octanol–water partition coefficient (Wildman–Crippen LogP) is 7.40. The third kappa shape index (κ3) is 10.2. The molecule has 1 heterocycles. The maximum Gasteiger partial charge on any atom is 0.379 e. The molecule has 0 aliphatic carbocycles. The van der Waals surface area contributed by atoms with Crippen LogP contribution in [0, 0.1) is 0 Å². The molecule has 8 heteroatoms. The fourth-order valence-electron chi connectivity index (χ4n) is 4.13. The Morgan fingerprint density at radius 3 is 2.10 bits per heavy atom. The maximum absolute atomic E-state index is 12.7. The van der Waals surface area contributed by atoms with Crippen LogP contribution in [0.15, 0.2) is 71.3 Å². The van der Waals surface area contributed by atoms with Crippen molar-refractivity contribution in [2.75, 3.05) is 11.9 Å². The van der Waals surface area contributed by atoms with Crippen molar-refractivity contribution >= 4 is 29.3 Å². The standard InChI is InChI=1S/C32H37NO7/c1-2-3-4-5-6-7-8-9-10-17-30(35)33-27-15-12-11-14-26(27)31(36)39-23-28(34)24-18-20-25(21-19-24)40-32(37)29-16-13-22-38-29/h11-16,18-22H,2-10,17,23H2,1H3,(H,33,35). The van der Waals surface area contributed by atoms with E-state index in [1.807, 2.05) is 0 Å². The number of ether oxygens (including phenoxy) is 2. The van der Waals surface area contributed by atoms with E-state index in [0.29, 0.717) is 12.1 Å².